The zero-order valence-corrected chi connectivity index (χ0v) is 10.8. The van der Waals surface area contributed by atoms with E-state index >= 15 is 0 Å². The van der Waals surface area contributed by atoms with Crippen LogP contribution in [0.25, 0.3) is 0 Å². The van der Waals surface area contributed by atoms with Gasteiger partial charge >= 0.3 is 0 Å². The van der Waals surface area contributed by atoms with Crippen LogP contribution in [0.4, 0.5) is 0 Å². The standard InChI is InChI=1S/C14H21NO3/c1-17-13-6-3-11(10-15-12-4-5-12)9-14(13)18-8-2-7-16/h3,6,9,12,15-16H,2,4-5,7-8,10H2,1H3. The van der Waals surface area contributed by atoms with E-state index in [4.69, 9.17) is 14.6 Å². The molecule has 0 aliphatic heterocycles. The Balaban J connectivity index is 1.95. The highest BCUT2D eigenvalue weighted by molar-refractivity contribution is 5.43. The van der Waals surface area contributed by atoms with Crippen LogP contribution in [0.15, 0.2) is 18.2 Å². The molecule has 2 N–H and O–H groups in total. The van der Waals surface area contributed by atoms with Crippen molar-refractivity contribution in [2.24, 2.45) is 0 Å². The molecule has 1 aromatic rings. The van der Waals surface area contributed by atoms with Gasteiger partial charge in [-0.2, -0.15) is 0 Å². The predicted molar refractivity (Wildman–Crippen MR) is 70.1 cm³/mol. The lowest BCUT2D eigenvalue weighted by Crippen LogP contribution is -2.15. The minimum absolute atomic E-state index is 0.144. The zero-order valence-electron chi connectivity index (χ0n) is 10.8. The van der Waals surface area contributed by atoms with Crippen molar-refractivity contribution in [3.8, 4) is 11.5 Å². The van der Waals surface area contributed by atoms with E-state index in [2.05, 4.69) is 5.32 Å². The van der Waals surface area contributed by atoms with Gasteiger partial charge in [-0.3, -0.25) is 0 Å². The minimum atomic E-state index is 0.144. The second kappa shape index (κ2) is 6.61. The fourth-order valence-corrected chi connectivity index (χ4v) is 1.74. The van der Waals surface area contributed by atoms with Gasteiger partial charge in [0.05, 0.1) is 13.7 Å². The van der Waals surface area contributed by atoms with Crippen molar-refractivity contribution in [1.29, 1.82) is 0 Å². The number of aliphatic hydroxyl groups is 1. The minimum Gasteiger partial charge on any atom is -0.493 e. The Kier molecular flexibility index (Phi) is 4.84. The van der Waals surface area contributed by atoms with E-state index in [0.29, 0.717) is 19.1 Å². The third-order valence-electron chi connectivity index (χ3n) is 2.96. The third-order valence-corrected chi connectivity index (χ3v) is 2.96. The van der Waals surface area contributed by atoms with Gasteiger partial charge in [0, 0.05) is 25.6 Å². The molecule has 0 radical (unpaired) electrons. The summed E-state index contributed by atoms with van der Waals surface area (Å²) in [6.07, 6.45) is 3.21. The fraction of sp³-hybridized carbons (Fsp3) is 0.571. The third kappa shape index (κ3) is 3.89. The Labute approximate surface area is 108 Å². The molecule has 0 saturated heterocycles. The number of hydrogen-bond acceptors (Lipinski definition) is 4. The lowest BCUT2D eigenvalue weighted by Gasteiger charge is -2.12. The van der Waals surface area contributed by atoms with Crippen LogP contribution in [0, 0.1) is 0 Å². The van der Waals surface area contributed by atoms with Crippen molar-refractivity contribution in [3.63, 3.8) is 0 Å². The molecule has 1 aromatic carbocycles. The largest absolute Gasteiger partial charge is 0.493 e. The van der Waals surface area contributed by atoms with E-state index in [1.165, 1.54) is 18.4 Å². The van der Waals surface area contributed by atoms with Crippen molar-refractivity contribution in [1.82, 2.24) is 5.32 Å². The second-order valence-electron chi connectivity index (χ2n) is 4.57. The Morgan fingerprint density at radius 2 is 2.17 bits per heavy atom. The highest BCUT2D eigenvalue weighted by Crippen LogP contribution is 2.28. The summed E-state index contributed by atoms with van der Waals surface area (Å²) in [5.41, 5.74) is 1.20. The van der Waals surface area contributed by atoms with Gasteiger partial charge < -0.3 is 19.9 Å². The molecular weight excluding hydrogens is 230 g/mol. The molecule has 0 amide bonds. The fourth-order valence-electron chi connectivity index (χ4n) is 1.74. The van der Waals surface area contributed by atoms with Gasteiger partial charge in [0.15, 0.2) is 11.5 Å². The molecule has 0 aromatic heterocycles. The van der Waals surface area contributed by atoms with Gasteiger partial charge in [-0.05, 0) is 30.5 Å². The summed E-state index contributed by atoms with van der Waals surface area (Å²) in [4.78, 5) is 0. The maximum absolute atomic E-state index is 8.76. The summed E-state index contributed by atoms with van der Waals surface area (Å²) >= 11 is 0. The van der Waals surface area contributed by atoms with Gasteiger partial charge in [-0.1, -0.05) is 6.07 Å². The molecule has 4 heteroatoms. The van der Waals surface area contributed by atoms with Crippen molar-refractivity contribution in [3.05, 3.63) is 23.8 Å². The van der Waals surface area contributed by atoms with Gasteiger partial charge in [0.2, 0.25) is 0 Å². The molecule has 0 bridgehead atoms. The summed E-state index contributed by atoms with van der Waals surface area (Å²) in [5.74, 6) is 1.49. The van der Waals surface area contributed by atoms with Crippen molar-refractivity contribution in [2.45, 2.75) is 31.8 Å². The molecule has 1 saturated carbocycles. The topological polar surface area (TPSA) is 50.7 Å². The number of aliphatic hydroxyl groups excluding tert-OH is 1. The molecule has 0 heterocycles. The van der Waals surface area contributed by atoms with Gasteiger partial charge in [-0.15, -0.1) is 0 Å². The molecule has 1 aliphatic carbocycles. The van der Waals surface area contributed by atoms with Crippen LogP contribution in [-0.4, -0.2) is 31.5 Å². The summed E-state index contributed by atoms with van der Waals surface area (Å²) in [6.45, 7) is 1.52. The summed E-state index contributed by atoms with van der Waals surface area (Å²) in [7, 11) is 1.64. The molecule has 1 aliphatic rings. The number of methoxy groups -OCH3 is 1. The number of nitrogens with one attached hydrogen (secondary N) is 1. The van der Waals surface area contributed by atoms with Crippen molar-refractivity contribution < 1.29 is 14.6 Å². The number of rotatable bonds is 8. The Hall–Kier alpha value is -1.26. The molecule has 4 nitrogen and oxygen atoms in total. The number of benzene rings is 1. The number of ether oxygens (including phenoxy) is 2. The number of hydrogen-bond donors (Lipinski definition) is 2. The molecule has 18 heavy (non-hydrogen) atoms. The molecule has 0 unspecified atom stereocenters. The van der Waals surface area contributed by atoms with E-state index in [9.17, 15) is 0 Å². The van der Waals surface area contributed by atoms with E-state index in [1.54, 1.807) is 7.11 Å². The smallest absolute Gasteiger partial charge is 0.161 e. The van der Waals surface area contributed by atoms with Crippen molar-refractivity contribution in [2.75, 3.05) is 20.3 Å². The maximum Gasteiger partial charge on any atom is 0.161 e. The van der Waals surface area contributed by atoms with E-state index in [1.807, 2.05) is 18.2 Å². The predicted octanol–water partition coefficient (Wildman–Crippen LogP) is 1.71. The van der Waals surface area contributed by atoms with E-state index < -0.39 is 0 Å². The van der Waals surface area contributed by atoms with Crippen LogP contribution in [0.1, 0.15) is 24.8 Å². The van der Waals surface area contributed by atoms with Gasteiger partial charge in [0.1, 0.15) is 0 Å². The Morgan fingerprint density at radius 1 is 1.33 bits per heavy atom. The lowest BCUT2D eigenvalue weighted by molar-refractivity contribution is 0.228. The van der Waals surface area contributed by atoms with Crippen LogP contribution in [0.5, 0.6) is 11.5 Å². The average molecular weight is 251 g/mol. The van der Waals surface area contributed by atoms with Crippen LogP contribution >= 0.6 is 0 Å². The SMILES string of the molecule is COc1ccc(CNC2CC2)cc1OCCCO. The highest BCUT2D eigenvalue weighted by Gasteiger charge is 2.20. The summed E-state index contributed by atoms with van der Waals surface area (Å²) < 4.78 is 10.9. The molecule has 100 valence electrons. The Bertz CT molecular complexity index is 377. The van der Waals surface area contributed by atoms with Gasteiger partial charge in [-0.25, -0.2) is 0 Å². The molecule has 1 fully saturated rings. The maximum atomic E-state index is 8.76. The van der Waals surface area contributed by atoms with E-state index in [-0.39, 0.29) is 6.61 Å². The quantitative estimate of drug-likeness (QED) is 0.691. The molecule has 0 atom stereocenters. The zero-order chi connectivity index (χ0) is 12.8. The first-order chi connectivity index (χ1) is 8.83. The highest BCUT2D eigenvalue weighted by atomic mass is 16.5. The van der Waals surface area contributed by atoms with E-state index in [0.717, 1.165) is 18.0 Å². The first-order valence-electron chi connectivity index (χ1n) is 6.47. The summed E-state index contributed by atoms with van der Waals surface area (Å²) in [6, 6.07) is 6.68. The Morgan fingerprint density at radius 3 is 2.83 bits per heavy atom. The molecule has 0 spiro atoms. The first-order valence-corrected chi connectivity index (χ1v) is 6.47. The average Bonchev–Trinajstić information content (AvgIpc) is 3.21. The van der Waals surface area contributed by atoms with Crippen LogP contribution in [-0.2, 0) is 6.54 Å². The second-order valence-corrected chi connectivity index (χ2v) is 4.57. The molecular formula is C14H21NO3. The van der Waals surface area contributed by atoms with Crippen LogP contribution in [0.2, 0.25) is 0 Å². The molecule has 2 rings (SSSR count). The van der Waals surface area contributed by atoms with Crippen molar-refractivity contribution >= 4 is 0 Å². The summed E-state index contributed by atoms with van der Waals surface area (Å²) in [5, 5.41) is 12.2. The van der Waals surface area contributed by atoms with Gasteiger partial charge in [0.25, 0.3) is 0 Å². The monoisotopic (exact) mass is 251 g/mol. The normalized spacial score (nSPS) is 14.6. The van der Waals surface area contributed by atoms with Crippen LogP contribution < -0.4 is 14.8 Å². The lowest BCUT2D eigenvalue weighted by atomic mass is 10.2. The van der Waals surface area contributed by atoms with Crippen LogP contribution in [0.3, 0.4) is 0 Å². The first kappa shape index (κ1) is 13.2.